The van der Waals surface area contributed by atoms with Gasteiger partial charge in [-0.2, -0.15) is 0 Å². The van der Waals surface area contributed by atoms with E-state index >= 15 is 4.79 Å². The molecule has 3 saturated heterocycles. The molecule has 1 aromatic heterocycles. The van der Waals surface area contributed by atoms with Gasteiger partial charge in [0.1, 0.15) is 0 Å². The molecule has 4 aliphatic heterocycles. The van der Waals surface area contributed by atoms with Crippen molar-refractivity contribution in [2.75, 3.05) is 48.3 Å². The minimum Gasteiger partial charge on any atom is -0.432 e. The standard InChI is InChI=1S/C45H58N8O6Si/c1-29-41(60(2,3)58)40(19-22-52-27-38(50-51-52)36(28-54)31-9-5-4-6-10-31)59-45(29)37-23-35(49-43(56)33-12-8-21-47-25-33)17-18-39(37)53(44(45)57)26-30-13-15-34(16-14-30)48-42(55)32-11-7-20-46-24-32/h4-6,9-10,13-18,23,27,29,32-33,36,40-41,46-47,54,58H,7-8,11-12,19-22,24-26,28H2,1-3H3,(H,48,55)(H,49,56)/t29-,32?,33?,36?,40+,41-,45+/m0/s1. The van der Waals surface area contributed by atoms with Crippen molar-refractivity contribution < 1.29 is 29.0 Å². The second-order valence-electron chi connectivity index (χ2n) is 17.6. The molecule has 3 amide bonds. The molecule has 0 aliphatic carbocycles. The number of amides is 3. The fourth-order valence-electron chi connectivity index (χ4n) is 9.99. The SMILES string of the molecule is C[C@H]1[C@H]([Si](C)(C)O)[C@@H](CCn2cc(C(CO)c3ccccc3)nn2)O[C@]12C(=O)N(Cc1ccc(NC(=O)C3CCCNC3)cc1)c1ccc(NC(=O)C3CCCNC3)cc12. The quantitative estimate of drug-likeness (QED) is 0.103. The molecule has 1 spiro atoms. The van der Waals surface area contributed by atoms with Crippen molar-refractivity contribution in [3.05, 3.63) is 101 Å². The van der Waals surface area contributed by atoms with E-state index in [0.717, 1.165) is 49.9 Å². The highest BCUT2D eigenvalue weighted by atomic mass is 28.4. The Balaban J connectivity index is 1.07. The molecule has 60 heavy (non-hydrogen) atoms. The Morgan fingerprint density at radius 3 is 2.22 bits per heavy atom. The molecule has 15 heteroatoms. The Labute approximate surface area is 352 Å². The summed E-state index contributed by atoms with van der Waals surface area (Å²) < 4.78 is 8.88. The fourth-order valence-corrected chi connectivity index (χ4v) is 12.6. The van der Waals surface area contributed by atoms with Crippen LogP contribution in [0.2, 0.25) is 18.6 Å². The van der Waals surface area contributed by atoms with E-state index in [1.54, 1.807) is 9.58 Å². The molecular formula is C45H58N8O6Si. The third-order valence-electron chi connectivity index (χ3n) is 13.1. The highest BCUT2D eigenvalue weighted by Gasteiger charge is 2.66. The summed E-state index contributed by atoms with van der Waals surface area (Å²) in [7, 11) is -2.98. The van der Waals surface area contributed by atoms with Crippen molar-refractivity contribution in [1.82, 2.24) is 25.6 Å². The number of piperidine rings is 2. The number of nitrogens with zero attached hydrogens (tertiary/aromatic N) is 4. The first kappa shape index (κ1) is 41.9. The highest BCUT2D eigenvalue weighted by Crippen LogP contribution is 2.60. The molecule has 8 rings (SSSR count). The zero-order valence-corrected chi connectivity index (χ0v) is 35.8. The number of benzene rings is 3. The second-order valence-corrected chi connectivity index (χ2v) is 21.6. The van der Waals surface area contributed by atoms with Crippen LogP contribution >= 0.6 is 0 Å². The molecule has 0 bridgehead atoms. The first-order chi connectivity index (χ1) is 29.0. The summed E-state index contributed by atoms with van der Waals surface area (Å²) >= 11 is 0. The van der Waals surface area contributed by atoms with E-state index in [1.165, 1.54) is 0 Å². The van der Waals surface area contributed by atoms with Crippen molar-refractivity contribution in [2.24, 2.45) is 17.8 Å². The molecule has 4 aromatic rings. The summed E-state index contributed by atoms with van der Waals surface area (Å²) in [6, 6.07) is 23.0. The zero-order valence-electron chi connectivity index (χ0n) is 34.8. The molecule has 3 fully saturated rings. The van der Waals surface area contributed by atoms with Crippen LogP contribution in [0, 0.1) is 17.8 Å². The van der Waals surface area contributed by atoms with Crippen molar-refractivity contribution in [3.63, 3.8) is 0 Å². The molecule has 5 heterocycles. The van der Waals surface area contributed by atoms with Gasteiger partial charge in [-0.25, -0.2) is 0 Å². The average molecular weight is 835 g/mol. The molecular weight excluding hydrogens is 777 g/mol. The number of fused-ring (bicyclic) bond motifs is 2. The Morgan fingerprint density at radius 1 is 0.950 bits per heavy atom. The number of carbonyl (C=O) groups is 3. The Morgan fingerprint density at radius 2 is 1.60 bits per heavy atom. The summed E-state index contributed by atoms with van der Waals surface area (Å²) in [6.45, 7) is 9.51. The molecule has 0 radical (unpaired) electrons. The predicted octanol–water partition coefficient (Wildman–Crippen LogP) is 4.71. The number of aryl methyl sites for hydroxylation is 1. The van der Waals surface area contributed by atoms with Crippen LogP contribution in [0.3, 0.4) is 0 Å². The lowest BCUT2D eigenvalue weighted by molar-refractivity contribution is -0.146. The normalized spacial score (nSPS) is 25.9. The van der Waals surface area contributed by atoms with E-state index in [4.69, 9.17) is 4.74 Å². The third kappa shape index (κ3) is 8.43. The smallest absolute Gasteiger partial charge is 0.264 e. The van der Waals surface area contributed by atoms with E-state index in [9.17, 15) is 19.5 Å². The van der Waals surface area contributed by atoms with Gasteiger partial charge in [0.05, 0.1) is 48.4 Å². The molecule has 14 nitrogen and oxygen atoms in total. The molecule has 6 N–H and O–H groups in total. The maximum Gasteiger partial charge on any atom is 0.264 e. The number of hydrogen-bond acceptors (Lipinski definition) is 10. The maximum atomic E-state index is 15.2. The summed E-state index contributed by atoms with van der Waals surface area (Å²) in [5.41, 5.74) is 3.39. The third-order valence-corrected chi connectivity index (χ3v) is 15.6. The van der Waals surface area contributed by atoms with E-state index < -0.39 is 25.9 Å². The van der Waals surface area contributed by atoms with Crippen LogP contribution in [0.1, 0.15) is 67.3 Å². The lowest BCUT2D eigenvalue weighted by atomic mass is 9.82. The number of aromatic nitrogens is 3. The van der Waals surface area contributed by atoms with Crippen molar-refractivity contribution >= 4 is 43.1 Å². The van der Waals surface area contributed by atoms with Gasteiger partial charge in [0.25, 0.3) is 5.91 Å². The molecule has 3 unspecified atom stereocenters. The highest BCUT2D eigenvalue weighted by molar-refractivity contribution is 6.71. The summed E-state index contributed by atoms with van der Waals surface area (Å²) in [5.74, 6) is -1.22. The van der Waals surface area contributed by atoms with Gasteiger partial charge in [0.2, 0.25) is 11.8 Å². The van der Waals surface area contributed by atoms with Crippen LogP contribution in [-0.2, 0) is 37.8 Å². The Hall–Kier alpha value is -4.77. The van der Waals surface area contributed by atoms with Crippen LogP contribution in [0.25, 0.3) is 0 Å². The van der Waals surface area contributed by atoms with Gasteiger partial charge >= 0.3 is 0 Å². The van der Waals surface area contributed by atoms with Gasteiger partial charge in [-0.3, -0.25) is 19.1 Å². The number of aliphatic hydroxyl groups excluding tert-OH is 1. The molecule has 318 valence electrons. The van der Waals surface area contributed by atoms with Crippen LogP contribution < -0.4 is 26.2 Å². The van der Waals surface area contributed by atoms with Gasteiger partial charge in [-0.05, 0) is 99.7 Å². The minimum absolute atomic E-state index is 0.000759. The van der Waals surface area contributed by atoms with Crippen LogP contribution in [0.15, 0.2) is 79.0 Å². The van der Waals surface area contributed by atoms with Crippen LogP contribution in [0.4, 0.5) is 17.1 Å². The molecule has 0 saturated carbocycles. The van der Waals surface area contributed by atoms with E-state index in [-0.39, 0.29) is 54.2 Å². The van der Waals surface area contributed by atoms with Gasteiger partial charge in [-0.1, -0.05) is 54.6 Å². The van der Waals surface area contributed by atoms with Crippen molar-refractivity contribution in [1.29, 1.82) is 0 Å². The first-order valence-corrected chi connectivity index (χ1v) is 24.5. The first-order valence-electron chi connectivity index (χ1n) is 21.5. The molecule has 4 aliphatic rings. The number of carbonyl (C=O) groups excluding carboxylic acids is 3. The van der Waals surface area contributed by atoms with Crippen molar-refractivity contribution in [3.8, 4) is 0 Å². The summed E-state index contributed by atoms with van der Waals surface area (Å²) in [4.78, 5) is 55.3. The number of anilines is 3. The monoisotopic (exact) mass is 834 g/mol. The number of aliphatic hydroxyl groups is 1. The number of hydrogen-bond donors (Lipinski definition) is 6. The number of rotatable bonds is 13. The molecule has 7 atom stereocenters. The average Bonchev–Trinajstić information content (AvgIpc) is 3.92. The Bertz CT molecular complexity index is 2150. The number of ether oxygens (including phenoxy) is 1. The lowest BCUT2D eigenvalue weighted by Crippen LogP contribution is -2.46. The van der Waals surface area contributed by atoms with Gasteiger partial charge in [0, 0.05) is 54.2 Å². The summed E-state index contributed by atoms with van der Waals surface area (Å²) in [5, 5.41) is 31.9. The minimum atomic E-state index is -2.98. The van der Waals surface area contributed by atoms with E-state index in [2.05, 4.69) is 31.6 Å². The van der Waals surface area contributed by atoms with Gasteiger partial charge in [-0.15, -0.1) is 5.10 Å². The fraction of sp³-hybridized carbons (Fsp3) is 0.489. The topological polar surface area (TPSA) is 183 Å². The summed E-state index contributed by atoms with van der Waals surface area (Å²) in [6.07, 6.45) is 5.38. The van der Waals surface area contributed by atoms with Gasteiger partial charge in [0.15, 0.2) is 13.9 Å². The van der Waals surface area contributed by atoms with E-state index in [0.29, 0.717) is 54.4 Å². The zero-order chi connectivity index (χ0) is 42.0. The van der Waals surface area contributed by atoms with Gasteiger partial charge < -0.3 is 40.8 Å². The molecule has 3 aromatic carbocycles. The largest absolute Gasteiger partial charge is 0.432 e. The Kier molecular flexibility index (Phi) is 12.4. The lowest BCUT2D eigenvalue weighted by Gasteiger charge is -2.32. The number of nitrogens with one attached hydrogen (secondary N) is 4. The van der Waals surface area contributed by atoms with Crippen LogP contribution in [-0.4, -0.2) is 89.8 Å². The van der Waals surface area contributed by atoms with E-state index in [1.807, 2.05) is 99.0 Å². The second kappa shape index (κ2) is 17.7. The van der Waals surface area contributed by atoms with Crippen LogP contribution in [0.5, 0.6) is 0 Å². The predicted molar refractivity (Wildman–Crippen MR) is 232 cm³/mol. The van der Waals surface area contributed by atoms with Crippen molar-refractivity contribution in [2.45, 2.75) is 88.4 Å². The maximum absolute atomic E-state index is 15.2.